The van der Waals surface area contributed by atoms with Gasteiger partial charge < -0.3 is 10.2 Å². The molecule has 76 valence electrons. The van der Waals surface area contributed by atoms with E-state index in [2.05, 4.69) is 0 Å². The highest BCUT2D eigenvalue weighted by Gasteiger charge is 2.43. The molecule has 1 fully saturated rings. The zero-order valence-corrected chi connectivity index (χ0v) is 8.40. The number of aliphatic hydroxyl groups excluding tert-OH is 1. The lowest BCUT2D eigenvalue weighted by Crippen LogP contribution is -2.12. The smallest absolute Gasteiger partial charge is 0.0901 e. The third-order valence-electron chi connectivity index (χ3n) is 2.76. The Hall–Kier alpha value is -0.860. The van der Waals surface area contributed by atoms with E-state index >= 15 is 0 Å². The summed E-state index contributed by atoms with van der Waals surface area (Å²) < 4.78 is 0. The van der Waals surface area contributed by atoms with Crippen molar-refractivity contribution >= 4 is 0 Å². The van der Waals surface area contributed by atoms with E-state index in [-0.39, 0.29) is 6.10 Å². The summed E-state index contributed by atoms with van der Waals surface area (Å²) in [5.41, 5.74) is 1.48. The van der Waals surface area contributed by atoms with Crippen LogP contribution in [0, 0.1) is 0 Å². The fourth-order valence-electron chi connectivity index (χ4n) is 1.86. The maximum atomic E-state index is 10.0. The molecule has 0 amide bonds. The molecule has 2 heteroatoms. The number of benzene rings is 1. The predicted octanol–water partition coefficient (Wildman–Crippen LogP) is 1.59. The zero-order chi connectivity index (χ0) is 10.2. The standard InChI is InChI=1S/C12H16O2/c1-9(13)8-10-4-2-3-5-11(10)12(14)6-7-12/h2-5,9,13-14H,6-8H2,1H3. The van der Waals surface area contributed by atoms with Gasteiger partial charge in [0.25, 0.3) is 0 Å². The summed E-state index contributed by atoms with van der Waals surface area (Å²) in [4.78, 5) is 0. The van der Waals surface area contributed by atoms with Crippen molar-refractivity contribution in [3.63, 3.8) is 0 Å². The van der Waals surface area contributed by atoms with Crippen molar-refractivity contribution in [2.24, 2.45) is 0 Å². The van der Waals surface area contributed by atoms with Crippen LogP contribution in [0.4, 0.5) is 0 Å². The lowest BCUT2D eigenvalue weighted by Gasteiger charge is -2.15. The second-order valence-corrected chi connectivity index (χ2v) is 4.24. The summed E-state index contributed by atoms with van der Waals surface area (Å²) in [6.07, 6.45) is 1.98. The quantitative estimate of drug-likeness (QED) is 0.763. The van der Waals surface area contributed by atoms with Crippen molar-refractivity contribution < 1.29 is 10.2 Å². The van der Waals surface area contributed by atoms with Crippen molar-refractivity contribution in [3.8, 4) is 0 Å². The molecule has 0 heterocycles. The Bertz CT molecular complexity index is 327. The third-order valence-corrected chi connectivity index (χ3v) is 2.76. The first-order valence-electron chi connectivity index (χ1n) is 5.11. The van der Waals surface area contributed by atoms with E-state index < -0.39 is 5.60 Å². The van der Waals surface area contributed by atoms with Gasteiger partial charge in [-0.2, -0.15) is 0 Å². The zero-order valence-electron chi connectivity index (χ0n) is 8.40. The molecule has 14 heavy (non-hydrogen) atoms. The molecule has 0 bridgehead atoms. The largest absolute Gasteiger partial charge is 0.393 e. The molecule has 1 aliphatic carbocycles. The van der Waals surface area contributed by atoms with Crippen LogP contribution in [0.2, 0.25) is 0 Å². The molecule has 1 atom stereocenters. The summed E-state index contributed by atoms with van der Waals surface area (Å²) in [6.45, 7) is 1.77. The molecule has 2 rings (SSSR count). The van der Waals surface area contributed by atoms with Crippen molar-refractivity contribution in [2.75, 3.05) is 0 Å². The maximum absolute atomic E-state index is 10.0. The van der Waals surface area contributed by atoms with Crippen LogP contribution in [-0.4, -0.2) is 16.3 Å². The van der Waals surface area contributed by atoms with Gasteiger partial charge in [-0.1, -0.05) is 24.3 Å². The Labute approximate surface area is 84.2 Å². The van der Waals surface area contributed by atoms with Crippen LogP contribution in [-0.2, 0) is 12.0 Å². The highest BCUT2D eigenvalue weighted by Crippen LogP contribution is 2.46. The van der Waals surface area contributed by atoms with Gasteiger partial charge >= 0.3 is 0 Å². The molecule has 0 aliphatic heterocycles. The lowest BCUT2D eigenvalue weighted by molar-refractivity contribution is 0.148. The van der Waals surface area contributed by atoms with E-state index in [9.17, 15) is 10.2 Å². The number of aliphatic hydroxyl groups is 2. The molecule has 1 aromatic rings. The van der Waals surface area contributed by atoms with Crippen molar-refractivity contribution in [1.82, 2.24) is 0 Å². The Morgan fingerprint density at radius 1 is 1.36 bits per heavy atom. The van der Waals surface area contributed by atoms with Gasteiger partial charge in [-0.25, -0.2) is 0 Å². The first-order chi connectivity index (χ1) is 6.62. The predicted molar refractivity (Wildman–Crippen MR) is 55.0 cm³/mol. The lowest BCUT2D eigenvalue weighted by atomic mass is 9.97. The Balaban J connectivity index is 2.29. The number of rotatable bonds is 3. The van der Waals surface area contributed by atoms with Gasteiger partial charge in [0.1, 0.15) is 0 Å². The monoisotopic (exact) mass is 192 g/mol. The first-order valence-corrected chi connectivity index (χ1v) is 5.11. The number of hydrogen-bond donors (Lipinski definition) is 2. The molecule has 1 aromatic carbocycles. The van der Waals surface area contributed by atoms with Crippen molar-refractivity contribution in [2.45, 2.75) is 37.9 Å². The van der Waals surface area contributed by atoms with E-state index in [1.807, 2.05) is 24.3 Å². The van der Waals surface area contributed by atoms with Gasteiger partial charge in [-0.05, 0) is 37.3 Å². The van der Waals surface area contributed by atoms with E-state index in [1.54, 1.807) is 6.92 Å². The average Bonchev–Trinajstić information content (AvgIpc) is 2.84. The van der Waals surface area contributed by atoms with Crippen LogP contribution in [0.15, 0.2) is 24.3 Å². The summed E-state index contributed by atoms with van der Waals surface area (Å²) in [5, 5.41) is 19.3. The molecule has 1 saturated carbocycles. The van der Waals surface area contributed by atoms with Gasteiger partial charge in [0.2, 0.25) is 0 Å². The molecule has 0 saturated heterocycles. The number of hydrogen-bond acceptors (Lipinski definition) is 2. The van der Waals surface area contributed by atoms with E-state index in [0.717, 1.165) is 24.0 Å². The fraction of sp³-hybridized carbons (Fsp3) is 0.500. The molecule has 1 aliphatic rings. The highest BCUT2D eigenvalue weighted by atomic mass is 16.3. The van der Waals surface area contributed by atoms with Gasteiger partial charge in [0.15, 0.2) is 0 Å². The van der Waals surface area contributed by atoms with E-state index in [1.165, 1.54) is 0 Å². The van der Waals surface area contributed by atoms with Crippen molar-refractivity contribution in [3.05, 3.63) is 35.4 Å². The van der Waals surface area contributed by atoms with E-state index in [4.69, 9.17) is 0 Å². The summed E-state index contributed by atoms with van der Waals surface area (Å²) >= 11 is 0. The second-order valence-electron chi connectivity index (χ2n) is 4.24. The van der Waals surface area contributed by atoms with Gasteiger partial charge in [0, 0.05) is 0 Å². The summed E-state index contributed by atoms with van der Waals surface area (Å²) in [7, 11) is 0. The summed E-state index contributed by atoms with van der Waals surface area (Å²) in [5.74, 6) is 0. The van der Waals surface area contributed by atoms with Crippen LogP contribution in [0.5, 0.6) is 0 Å². The Morgan fingerprint density at radius 2 is 2.00 bits per heavy atom. The van der Waals surface area contributed by atoms with Gasteiger partial charge in [-0.15, -0.1) is 0 Å². The van der Waals surface area contributed by atoms with E-state index in [0.29, 0.717) is 6.42 Å². The first kappa shape index (κ1) is 9.69. The molecule has 0 aromatic heterocycles. The molecular weight excluding hydrogens is 176 g/mol. The molecule has 2 N–H and O–H groups in total. The average molecular weight is 192 g/mol. The van der Waals surface area contributed by atoms with Crippen molar-refractivity contribution in [1.29, 1.82) is 0 Å². The maximum Gasteiger partial charge on any atom is 0.0901 e. The highest BCUT2D eigenvalue weighted by molar-refractivity contribution is 5.36. The van der Waals surface area contributed by atoms with Crippen LogP contribution >= 0.6 is 0 Å². The molecular formula is C12H16O2. The Morgan fingerprint density at radius 3 is 2.57 bits per heavy atom. The molecule has 0 radical (unpaired) electrons. The SMILES string of the molecule is CC(O)Cc1ccccc1C1(O)CC1. The fourth-order valence-corrected chi connectivity index (χ4v) is 1.86. The Kier molecular flexibility index (Phi) is 2.33. The normalized spacial score (nSPS) is 20.5. The minimum atomic E-state index is -0.592. The second kappa shape index (κ2) is 3.37. The molecule has 0 spiro atoms. The van der Waals surface area contributed by atoms with Gasteiger partial charge in [0.05, 0.1) is 11.7 Å². The van der Waals surface area contributed by atoms with Gasteiger partial charge in [-0.3, -0.25) is 0 Å². The molecule has 1 unspecified atom stereocenters. The minimum Gasteiger partial charge on any atom is -0.393 e. The molecule has 2 nitrogen and oxygen atoms in total. The van der Waals surface area contributed by atoms with Crippen LogP contribution in [0.3, 0.4) is 0 Å². The van der Waals surface area contributed by atoms with Crippen LogP contribution in [0.25, 0.3) is 0 Å². The third kappa shape index (κ3) is 1.81. The van der Waals surface area contributed by atoms with Crippen LogP contribution in [0.1, 0.15) is 30.9 Å². The topological polar surface area (TPSA) is 40.5 Å². The minimum absolute atomic E-state index is 0.349. The van der Waals surface area contributed by atoms with Crippen LogP contribution < -0.4 is 0 Å². The summed E-state index contributed by atoms with van der Waals surface area (Å²) in [6, 6.07) is 7.84.